The molecule has 1 atom stereocenters. The molecule has 0 bridgehead atoms. The highest BCUT2D eigenvalue weighted by molar-refractivity contribution is 7.90. The van der Waals surface area contributed by atoms with E-state index in [1.165, 1.54) is 0 Å². The summed E-state index contributed by atoms with van der Waals surface area (Å²) in [5.41, 5.74) is 6.84. The van der Waals surface area contributed by atoms with E-state index in [4.69, 9.17) is 10.1 Å². The molecule has 9 nitrogen and oxygen atoms in total. The van der Waals surface area contributed by atoms with Gasteiger partial charge in [-0.05, 0) is 0 Å². The molecule has 1 aliphatic carbocycles. The van der Waals surface area contributed by atoms with E-state index in [0.717, 1.165) is 0 Å². The number of aliphatic hydroxyl groups is 1. The van der Waals surface area contributed by atoms with Crippen molar-refractivity contribution in [1.82, 2.24) is 0 Å². The van der Waals surface area contributed by atoms with Crippen LogP contribution in [0.25, 0.3) is 5.53 Å². The van der Waals surface area contributed by atoms with Crippen LogP contribution in [0.3, 0.4) is 0 Å². The number of nitrogens with zero attached hydrogens (tertiary/aromatic N) is 3. The Morgan fingerprint density at radius 1 is 1.50 bits per heavy atom. The Labute approximate surface area is 88.8 Å². The second-order valence-corrected chi connectivity index (χ2v) is 4.20. The van der Waals surface area contributed by atoms with Crippen LogP contribution in [0.4, 0.5) is 0 Å². The Balaban J connectivity index is 3.45. The SMILES string of the molecule is [N-]=[N+]=C1C=C(S(=O)(=O)O)C=C([N+](=O)[O-])C1O. The number of hydrogen-bond acceptors (Lipinski definition) is 5. The molecule has 10 heteroatoms. The zero-order valence-electron chi connectivity index (χ0n) is 7.51. The zero-order chi connectivity index (χ0) is 12.5. The lowest BCUT2D eigenvalue weighted by molar-refractivity contribution is -0.433. The van der Waals surface area contributed by atoms with Crippen molar-refractivity contribution >= 4 is 15.8 Å². The molecule has 0 heterocycles. The van der Waals surface area contributed by atoms with Gasteiger partial charge >= 0.3 is 5.71 Å². The first kappa shape index (κ1) is 12.2. The van der Waals surface area contributed by atoms with Crippen molar-refractivity contribution in [2.75, 3.05) is 0 Å². The summed E-state index contributed by atoms with van der Waals surface area (Å²) in [6, 6.07) is 0. The highest BCUT2D eigenvalue weighted by Gasteiger charge is 2.38. The van der Waals surface area contributed by atoms with E-state index in [1.54, 1.807) is 0 Å². The summed E-state index contributed by atoms with van der Waals surface area (Å²) in [7, 11) is -4.68. The van der Waals surface area contributed by atoms with Gasteiger partial charge in [-0.15, -0.1) is 0 Å². The minimum atomic E-state index is -4.68. The highest BCUT2D eigenvalue weighted by Crippen LogP contribution is 2.19. The van der Waals surface area contributed by atoms with Gasteiger partial charge in [0.25, 0.3) is 15.8 Å². The first-order valence-electron chi connectivity index (χ1n) is 3.72. The summed E-state index contributed by atoms with van der Waals surface area (Å²) in [5.74, 6) is 0. The Hall–Kier alpha value is -1.87. The van der Waals surface area contributed by atoms with Gasteiger partial charge in [0.1, 0.15) is 4.91 Å². The second-order valence-electron chi connectivity index (χ2n) is 2.78. The van der Waals surface area contributed by atoms with Crippen molar-refractivity contribution in [2.45, 2.75) is 6.10 Å². The number of allylic oxidation sites excluding steroid dienone is 1. The summed E-state index contributed by atoms with van der Waals surface area (Å²) in [4.78, 5) is 11.0. The summed E-state index contributed by atoms with van der Waals surface area (Å²) in [5, 5.41) is 19.7. The van der Waals surface area contributed by atoms with Gasteiger partial charge in [0.05, 0.1) is 4.92 Å². The molecule has 0 aliphatic heterocycles. The van der Waals surface area contributed by atoms with Crippen LogP contribution in [0.2, 0.25) is 0 Å². The van der Waals surface area contributed by atoms with Crippen LogP contribution < -0.4 is 0 Å². The molecule has 1 rings (SSSR count). The van der Waals surface area contributed by atoms with E-state index in [1.807, 2.05) is 0 Å². The van der Waals surface area contributed by atoms with E-state index >= 15 is 0 Å². The van der Waals surface area contributed by atoms with E-state index in [9.17, 15) is 23.6 Å². The summed E-state index contributed by atoms with van der Waals surface area (Å²) < 4.78 is 30.1. The predicted molar refractivity (Wildman–Crippen MR) is 49.3 cm³/mol. The monoisotopic (exact) mass is 247 g/mol. The van der Waals surface area contributed by atoms with E-state index in [2.05, 4.69) is 4.79 Å². The summed E-state index contributed by atoms with van der Waals surface area (Å²) in [6.07, 6.45) is -0.757. The Bertz CT molecular complexity index is 553. The maximum absolute atomic E-state index is 10.7. The fourth-order valence-electron chi connectivity index (χ4n) is 1.03. The lowest BCUT2D eigenvalue weighted by Gasteiger charge is -2.07. The third kappa shape index (κ3) is 2.20. The van der Waals surface area contributed by atoms with E-state index < -0.39 is 37.5 Å². The van der Waals surface area contributed by atoms with Gasteiger partial charge in [-0.25, -0.2) is 0 Å². The molecule has 1 aliphatic rings. The molecule has 0 radical (unpaired) electrons. The third-order valence-electron chi connectivity index (χ3n) is 1.76. The lowest BCUT2D eigenvalue weighted by atomic mass is 10.1. The Morgan fingerprint density at radius 2 is 2.06 bits per heavy atom. The molecule has 0 spiro atoms. The van der Waals surface area contributed by atoms with Crippen molar-refractivity contribution in [2.24, 2.45) is 0 Å². The highest BCUT2D eigenvalue weighted by atomic mass is 32.2. The quantitative estimate of drug-likeness (QED) is 0.209. The number of hydrogen-bond donors (Lipinski definition) is 2. The lowest BCUT2D eigenvalue weighted by Crippen LogP contribution is -2.30. The zero-order valence-corrected chi connectivity index (χ0v) is 8.33. The van der Waals surface area contributed by atoms with Crippen LogP contribution >= 0.6 is 0 Å². The van der Waals surface area contributed by atoms with Crippen molar-refractivity contribution in [3.63, 3.8) is 0 Å². The second kappa shape index (κ2) is 3.94. The predicted octanol–water partition coefficient (Wildman–Crippen LogP) is -1.04. The summed E-state index contributed by atoms with van der Waals surface area (Å²) in [6.45, 7) is 0. The molecule has 0 aromatic heterocycles. The molecule has 0 amide bonds. The molecule has 86 valence electrons. The minimum Gasteiger partial charge on any atom is -0.372 e. The molecular weight excluding hydrogens is 242 g/mol. The van der Waals surface area contributed by atoms with Crippen LogP contribution in [-0.2, 0) is 10.1 Å². The van der Waals surface area contributed by atoms with Crippen molar-refractivity contribution in [1.29, 1.82) is 0 Å². The molecule has 0 aromatic carbocycles. The van der Waals surface area contributed by atoms with Crippen molar-refractivity contribution in [3.8, 4) is 0 Å². The molecule has 0 saturated heterocycles. The average molecular weight is 247 g/mol. The Kier molecular flexibility index (Phi) is 3.01. The smallest absolute Gasteiger partial charge is 0.332 e. The summed E-state index contributed by atoms with van der Waals surface area (Å²) >= 11 is 0. The molecule has 0 saturated carbocycles. The molecule has 1 unspecified atom stereocenters. The van der Waals surface area contributed by atoms with Gasteiger partial charge in [0, 0.05) is 12.2 Å². The molecule has 0 aromatic rings. The van der Waals surface area contributed by atoms with E-state index in [0.29, 0.717) is 12.2 Å². The van der Waals surface area contributed by atoms with Gasteiger partial charge in [0.15, 0.2) is 0 Å². The fourth-order valence-corrected chi connectivity index (χ4v) is 1.57. The topological polar surface area (TPSA) is 154 Å². The van der Waals surface area contributed by atoms with Crippen LogP contribution in [0.15, 0.2) is 22.8 Å². The first-order valence-corrected chi connectivity index (χ1v) is 5.16. The maximum atomic E-state index is 10.7. The molecule has 2 N–H and O–H groups in total. The number of nitro groups is 1. The molecule has 0 fully saturated rings. The van der Waals surface area contributed by atoms with Gasteiger partial charge in [-0.2, -0.15) is 13.2 Å². The molecule has 16 heavy (non-hydrogen) atoms. The van der Waals surface area contributed by atoms with Crippen molar-refractivity contribution in [3.05, 3.63) is 38.4 Å². The molecular formula is C6H5N3O6S. The van der Waals surface area contributed by atoms with E-state index in [-0.39, 0.29) is 0 Å². The van der Waals surface area contributed by atoms with Crippen LogP contribution in [0.5, 0.6) is 0 Å². The van der Waals surface area contributed by atoms with Gasteiger partial charge in [-0.3, -0.25) is 14.7 Å². The van der Waals surface area contributed by atoms with Crippen molar-refractivity contribution < 1.29 is 27.8 Å². The number of aliphatic hydroxyl groups excluding tert-OH is 1. The standard InChI is InChI=1S/C6H5N3O6S/c7-8-4-1-3(16(13,14)15)2-5(6(4)10)9(11)12/h1-2,6,10H,(H,13,14,15). The van der Waals surface area contributed by atoms with Gasteiger partial charge in [-0.1, -0.05) is 0 Å². The first-order chi connectivity index (χ1) is 7.27. The Morgan fingerprint density at radius 3 is 2.44 bits per heavy atom. The van der Waals surface area contributed by atoms with Crippen LogP contribution in [0.1, 0.15) is 0 Å². The third-order valence-corrected chi connectivity index (χ3v) is 2.60. The maximum Gasteiger partial charge on any atom is 0.332 e. The fraction of sp³-hybridized carbons (Fsp3) is 0.167. The van der Waals surface area contributed by atoms with Crippen LogP contribution in [0, 0.1) is 10.1 Å². The average Bonchev–Trinajstić information content (AvgIpc) is 2.15. The normalized spacial score (nSPS) is 20.9. The minimum absolute atomic E-state index is 0.481. The van der Waals surface area contributed by atoms with Gasteiger partial charge < -0.3 is 10.6 Å². The van der Waals surface area contributed by atoms with Crippen LogP contribution in [-0.4, -0.2) is 39.6 Å². The number of rotatable bonds is 2. The van der Waals surface area contributed by atoms with Gasteiger partial charge in [0.2, 0.25) is 6.10 Å². The largest absolute Gasteiger partial charge is 0.372 e.